The lowest BCUT2D eigenvalue weighted by Crippen LogP contribution is -2.15. The molecule has 0 saturated heterocycles. The molecule has 0 spiro atoms. The van der Waals surface area contributed by atoms with Crippen LogP contribution < -0.4 is 5.32 Å². The number of nitrogens with zero attached hydrogens (tertiary/aromatic N) is 1. The second-order valence-electron chi connectivity index (χ2n) is 3.54. The Hall–Kier alpha value is -1.89. The normalized spacial score (nSPS) is 10.3. The van der Waals surface area contributed by atoms with Crippen LogP contribution in [0.3, 0.4) is 0 Å². The van der Waals surface area contributed by atoms with Gasteiger partial charge in [-0.2, -0.15) is 0 Å². The number of hydrogen-bond acceptors (Lipinski definition) is 2. The Bertz CT molecular complexity index is 626. The first-order valence-corrected chi connectivity index (χ1v) is 5.84. The van der Waals surface area contributed by atoms with E-state index in [0.29, 0.717) is 12.1 Å². The van der Waals surface area contributed by atoms with Gasteiger partial charge in [-0.25, -0.2) is 18.2 Å². The summed E-state index contributed by atoms with van der Waals surface area (Å²) in [7, 11) is 0. The molecule has 2 aromatic rings. The van der Waals surface area contributed by atoms with Gasteiger partial charge in [0.25, 0.3) is 5.91 Å². The highest BCUT2D eigenvalue weighted by Gasteiger charge is 2.17. The van der Waals surface area contributed by atoms with Crippen molar-refractivity contribution in [3.63, 3.8) is 0 Å². The van der Waals surface area contributed by atoms with Crippen LogP contribution in [0.5, 0.6) is 0 Å². The minimum absolute atomic E-state index is 0.102. The summed E-state index contributed by atoms with van der Waals surface area (Å²) in [6.07, 6.45) is 1.44. The number of amides is 1. The van der Waals surface area contributed by atoms with Crippen molar-refractivity contribution >= 4 is 27.5 Å². The highest BCUT2D eigenvalue weighted by atomic mass is 79.9. The molecule has 1 aromatic carbocycles. The van der Waals surface area contributed by atoms with E-state index in [4.69, 9.17) is 0 Å². The molecule has 0 unspecified atom stereocenters. The van der Waals surface area contributed by atoms with Gasteiger partial charge in [0, 0.05) is 18.3 Å². The third-order valence-electron chi connectivity index (χ3n) is 2.25. The molecule has 0 radical (unpaired) electrons. The second-order valence-corrected chi connectivity index (χ2v) is 4.29. The van der Waals surface area contributed by atoms with Crippen LogP contribution in [0.2, 0.25) is 0 Å². The number of hydrogen-bond donors (Lipinski definition) is 1. The highest BCUT2D eigenvalue weighted by molar-refractivity contribution is 9.10. The maximum Gasteiger partial charge on any atom is 0.258 e. The van der Waals surface area contributed by atoms with E-state index >= 15 is 0 Å². The van der Waals surface area contributed by atoms with E-state index in [0.717, 1.165) is 0 Å². The predicted molar refractivity (Wildman–Crippen MR) is 66.2 cm³/mol. The molecule has 1 aromatic heterocycles. The number of carbonyl (C=O) groups is 1. The Morgan fingerprint density at radius 2 is 1.84 bits per heavy atom. The fourth-order valence-electron chi connectivity index (χ4n) is 1.40. The molecule has 0 aliphatic heterocycles. The minimum Gasteiger partial charge on any atom is -0.317 e. The first kappa shape index (κ1) is 13.5. The van der Waals surface area contributed by atoms with Crippen LogP contribution in [0.1, 0.15) is 10.4 Å². The zero-order valence-corrected chi connectivity index (χ0v) is 10.8. The third kappa shape index (κ3) is 2.93. The zero-order chi connectivity index (χ0) is 14.0. The Morgan fingerprint density at radius 3 is 2.42 bits per heavy atom. The lowest BCUT2D eigenvalue weighted by atomic mass is 10.2. The van der Waals surface area contributed by atoms with E-state index in [1.54, 1.807) is 0 Å². The highest BCUT2D eigenvalue weighted by Crippen LogP contribution is 2.22. The maximum atomic E-state index is 13.4. The summed E-state index contributed by atoms with van der Waals surface area (Å²) >= 11 is 3.04. The van der Waals surface area contributed by atoms with Crippen LogP contribution in [-0.2, 0) is 0 Å². The van der Waals surface area contributed by atoms with Crippen molar-refractivity contribution in [2.45, 2.75) is 0 Å². The summed E-state index contributed by atoms with van der Waals surface area (Å²) in [4.78, 5) is 15.6. The van der Waals surface area contributed by atoms with Gasteiger partial charge < -0.3 is 5.32 Å². The number of anilines is 1. The fraction of sp³-hybridized carbons (Fsp3) is 0. The zero-order valence-electron chi connectivity index (χ0n) is 9.25. The lowest BCUT2D eigenvalue weighted by Gasteiger charge is -2.08. The molecule has 0 saturated carbocycles. The number of halogens is 4. The summed E-state index contributed by atoms with van der Waals surface area (Å²) in [5.41, 5.74) is -0.604. The molecule has 7 heteroatoms. The smallest absolute Gasteiger partial charge is 0.258 e. The van der Waals surface area contributed by atoms with E-state index in [-0.39, 0.29) is 10.2 Å². The molecule has 0 aliphatic carbocycles. The summed E-state index contributed by atoms with van der Waals surface area (Å²) in [5.74, 6) is -4.20. The van der Waals surface area contributed by atoms with E-state index in [2.05, 4.69) is 20.9 Å². The van der Waals surface area contributed by atoms with Crippen molar-refractivity contribution in [3.8, 4) is 0 Å². The lowest BCUT2D eigenvalue weighted by molar-refractivity contribution is 0.102. The van der Waals surface area contributed by atoms with Crippen molar-refractivity contribution in [2.24, 2.45) is 0 Å². The molecular formula is C12H6BrF3N2O. The van der Waals surface area contributed by atoms with Crippen LogP contribution in [0.4, 0.5) is 18.9 Å². The van der Waals surface area contributed by atoms with Crippen LogP contribution in [0.25, 0.3) is 0 Å². The van der Waals surface area contributed by atoms with Gasteiger partial charge in [0.05, 0.1) is 5.56 Å². The van der Waals surface area contributed by atoms with Gasteiger partial charge in [0.15, 0.2) is 11.6 Å². The van der Waals surface area contributed by atoms with Gasteiger partial charge >= 0.3 is 0 Å². The van der Waals surface area contributed by atoms with Crippen LogP contribution in [-0.4, -0.2) is 10.9 Å². The quantitative estimate of drug-likeness (QED) is 0.856. The molecule has 98 valence electrons. The van der Waals surface area contributed by atoms with Gasteiger partial charge in [-0.3, -0.25) is 4.79 Å². The van der Waals surface area contributed by atoms with Crippen molar-refractivity contribution in [3.05, 3.63) is 58.1 Å². The minimum atomic E-state index is -1.19. The maximum absolute atomic E-state index is 13.4. The van der Waals surface area contributed by atoms with Gasteiger partial charge in [-0.15, -0.1) is 0 Å². The number of rotatable bonds is 2. The first-order valence-electron chi connectivity index (χ1n) is 5.05. The van der Waals surface area contributed by atoms with Crippen molar-refractivity contribution in [2.75, 3.05) is 5.32 Å². The Labute approximate surface area is 114 Å². The second kappa shape index (κ2) is 5.40. The van der Waals surface area contributed by atoms with E-state index in [1.807, 2.05) is 5.32 Å². The molecule has 0 atom stereocenters. The molecule has 1 amide bonds. The van der Waals surface area contributed by atoms with Gasteiger partial charge in [-0.05, 0) is 28.1 Å². The topological polar surface area (TPSA) is 42.0 Å². The number of benzene rings is 1. The van der Waals surface area contributed by atoms with E-state index in [1.165, 1.54) is 18.3 Å². The molecule has 2 rings (SSSR count). The molecule has 19 heavy (non-hydrogen) atoms. The number of nitrogens with one attached hydrogen (secondary N) is 1. The molecule has 1 heterocycles. The van der Waals surface area contributed by atoms with Gasteiger partial charge in [0.1, 0.15) is 16.1 Å². The SMILES string of the molecule is O=C(Nc1c(F)cc(F)cc1F)c1cccnc1Br. The predicted octanol–water partition coefficient (Wildman–Crippen LogP) is 3.51. The van der Waals surface area contributed by atoms with Crippen molar-refractivity contribution in [1.29, 1.82) is 0 Å². The molecule has 3 nitrogen and oxygen atoms in total. The number of aromatic nitrogens is 1. The molecule has 0 bridgehead atoms. The molecule has 1 N–H and O–H groups in total. The average molecular weight is 331 g/mol. The van der Waals surface area contributed by atoms with Crippen molar-refractivity contribution in [1.82, 2.24) is 4.98 Å². The molecular weight excluding hydrogens is 325 g/mol. The third-order valence-corrected chi connectivity index (χ3v) is 2.88. The molecule has 0 aliphatic rings. The van der Waals surface area contributed by atoms with E-state index < -0.39 is 29.0 Å². The molecule has 0 fully saturated rings. The van der Waals surface area contributed by atoms with Crippen LogP contribution >= 0.6 is 15.9 Å². The summed E-state index contributed by atoms with van der Waals surface area (Å²) in [6, 6.07) is 3.89. The van der Waals surface area contributed by atoms with Gasteiger partial charge in [0.2, 0.25) is 0 Å². The summed E-state index contributed by atoms with van der Waals surface area (Å²) in [5, 5.41) is 2.04. The Morgan fingerprint density at radius 1 is 1.21 bits per heavy atom. The standard InChI is InChI=1S/C12H6BrF3N2O/c13-11-7(2-1-3-17-11)12(19)18-10-8(15)4-6(14)5-9(10)16/h1-5H,(H,18,19). The number of pyridine rings is 1. The summed E-state index contributed by atoms with van der Waals surface area (Å²) in [6.45, 7) is 0. The van der Waals surface area contributed by atoms with Crippen molar-refractivity contribution < 1.29 is 18.0 Å². The summed E-state index contributed by atoms with van der Waals surface area (Å²) < 4.78 is 39.7. The fourth-order valence-corrected chi connectivity index (χ4v) is 1.83. The monoisotopic (exact) mass is 330 g/mol. The van der Waals surface area contributed by atoms with Gasteiger partial charge in [-0.1, -0.05) is 0 Å². The Balaban J connectivity index is 2.32. The van der Waals surface area contributed by atoms with Crippen LogP contribution in [0.15, 0.2) is 35.1 Å². The Kier molecular flexibility index (Phi) is 3.84. The average Bonchev–Trinajstić information content (AvgIpc) is 2.34. The van der Waals surface area contributed by atoms with E-state index in [9.17, 15) is 18.0 Å². The largest absolute Gasteiger partial charge is 0.317 e. The van der Waals surface area contributed by atoms with Crippen LogP contribution in [0, 0.1) is 17.5 Å². The first-order chi connectivity index (χ1) is 8.99. The number of carbonyl (C=O) groups excluding carboxylic acids is 1.